The Balaban J connectivity index is 7.12. The number of rotatable bonds is 9. The lowest BCUT2D eigenvalue weighted by molar-refractivity contribution is -0.150. The molecule has 0 aromatic carbocycles. The Kier molecular flexibility index (Phi) is 6.49. The topological polar surface area (TPSA) is 183 Å². The molecule has 0 rings (SSSR count). The third-order valence-electron chi connectivity index (χ3n) is 3.59. The van der Waals surface area contributed by atoms with Crippen molar-refractivity contribution in [2.75, 3.05) is 0 Å². The molecule has 0 radical (unpaired) electrons. The first-order valence-corrected chi connectivity index (χ1v) is 9.28. The van der Waals surface area contributed by atoms with Crippen LogP contribution in [0.1, 0.15) is 26.7 Å². The molecule has 10 nitrogen and oxygen atoms in total. The van der Waals surface area contributed by atoms with Crippen molar-refractivity contribution < 1.29 is 45.7 Å². The minimum atomic E-state index is -5.19. The molecule has 0 aliphatic rings. The number of carbonyl (C=O) groups is 2. The third-order valence-corrected chi connectivity index (χ3v) is 6.44. The number of hydrogen-bond donors (Lipinski definition) is 4. The van der Waals surface area contributed by atoms with Gasteiger partial charge in [0.2, 0.25) is 0 Å². The molecule has 2 unspecified atom stereocenters. The average Bonchev–Trinajstić information content (AvgIpc) is 2.33. The smallest absolute Gasteiger partial charge is 0.332 e. The maximum atomic E-state index is 11.8. The van der Waals surface area contributed by atoms with E-state index in [1.165, 1.54) is 0 Å². The Morgan fingerprint density at radius 2 is 1.26 bits per heavy atom. The van der Waals surface area contributed by atoms with Crippen LogP contribution in [-0.2, 0) is 29.8 Å². The van der Waals surface area contributed by atoms with E-state index in [0.29, 0.717) is 0 Å². The molecule has 0 bridgehead atoms. The minimum Gasteiger partial charge on any atom is -0.481 e. The highest BCUT2D eigenvalue weighted by Gasteiger charge is 2.62. The highest BCUT2D eigenvalue weighted by Crippen LogP contribution is 2.44. The van der Waals surface area contributed by atoms with Crippen molar-refractivity contribution in [1.82, 2.24) is 0 Å². The molecule has 0 aromatic rings. The molecule has 2 atom stereocenters. The van der Waals surface area contributed by atoms with Crippen molar-refractivity contribution in [1.29, 1.82) is 0 Å². The minimum absolute atomic E-state index is 0.635. The maximum absolute atomic E-state index is 11.8. The van der Waals surface area contributed by atoms with Crippen molar-refractivity contribution in [3.63, 3.8) is 0 Å². The van der Waals surface area contributed by atoms with E-state index >= 15 is 0 Å². The van der Waals surface area contributed by atoms with E-state index in [-0.39, 0.29) is 0 Å². The van der Waals surface area contributed by atoms with Crippen LogP contribution in [0.25, 0.3) is 0 Å². The van der Waals surface area contributed by atoms with Crippen LogP contribution in [0.4, 0.5) is 0 Å². The number of aliphatic carboxylic acids is 2. The fraction of sp³-hybridized carbons (Fsp3) is 0.636. The molecular weight excluding hydrogens is 356 g/mol. The molecule has 134 valence electrons. The lowest BCUT2D eigenvalue weighted by atomic mass is 9.72. The van der Waals surface area contributed by atoms with Gasteiger partial charge in [0.25, 0.3) is 20.2 Å². The molecule has 4 N–H and O–H groups in total. The van der Waals surface area contributed by atoms with Gasteiger partial charge in [0.1, 0.15) is 15.9 Å². The Labute approximate surface area is 133 Å². The van der Waals surface area contributed by atoms with Crippen LogP contribution in [0.5, 0.6) is 0 Å². The van der Waals surface area contributed by atoms with Crippen LogP contribution in [0, 0.1) is 5.41 Å². The van der Waals surface area contributed by atoms with E-state index in [0.717, 1.165) is 13.8 Å². The van der Waals surface area contributed by atoms with Crippen LogP contribution in [0.3, 0.4) is 0 Å². The van der Waals surface area contributed by atoms with Gasteiger partial charge >= 0.3 is 11.9 Å². The fourth-order valence-electron chi connectivity index (χ4n) is 2.71. The van der Waals surface area contributed by atoms with Crippen LogP contribution in [-0.4, -0.2) is 58.6 Å². The van der Waals surface area contributed by atoms with Gasteiger partial charge in [-0.15, -0.1) is 0 Å². The number of carboxylic acid groups (broad SMARTS) is 2. The SMILES string of the molecule is C=C(C(=O)O)C(C(=O)O)(C(CC)S(=O)(=O)O)C(CC)S(=O)(=O)O. The normalized spacial score (nSPS) is 17.7. The highest BCUT2D eigenvalue weighted by molar-refractivity contribution is 7.87. The van der Waals surface area contributed by atoms with E-state index in [9.17, 15) is 40.6 Å². The molecular formula is C11H18O10S2. The summed E-state index contributed by atoms with van der Waals surface area (Å²) in [5.41, 5.74) is -4.45. The lowest BCUT2D eigenvalue weighted by Gasteiger charge is -2.39. The predicted molar refractivity (Wildman–Crippen MR) is 78.1 cm³/mol. The van der Waals surface area contributed by atoms with Crippen molar-refractivity contribution in [3.8, 4) is 0 Å². The van der Waals surface area contributed by atoms with Crippen LogP contribution in [0.15, 0.2) is 12.2 Å². The van der Waals surface area contributed by atoms with E-state index in [2.05, 4.69) is 6.58 Å². The second-order valence-corrected chi connectivity index (χ2v) is 7.98. The molecule has 0 heterocycles. The summed E-state index contributed by atoms with van der Waals surface area (Å²) in [5, 5.41) is 13.9. The zero-order chi connectivity index (χ0) is 18.8. The Morgan fingerprint density at radius 1 is 0.957 bits per heavy atom. The van der Waals surface area contributed by atoms with Crippen molar-refractivity contribution >= 4 is 32.2 Å². The van der Waals surface area contributed by atoms with Crippen molar-refractivity contribution in [2.45, 2.75) is 37.2 Å². The summed E-state index contributed by atoms with van der Waals surface area (Å²) in [7, 11) is -10.4. The Bertz CT molecular complexity index is 663. The van der Waals surface area contributed by atoms with Gasteiger partial charge in [0.05, 0.1) is 0 Å². The summed E-state index contributed by atoms with van der Waals surface area (Å²) in [4.78, 5) is 23.0. The standard InChI is InChI=1S/C11H18O10S2/c1-4-7(22(16,17)18)11(10(14)15,6(3)9(12)13)8(5-2)23(19,20)21/h7-8H,3-5H2,1-2H3,(H,12,13)(H,14,15)(H,16,17,18)(H,19,20,21). The van der Waals surface area contributed by atoms with E-state index < -0.39 is 66.5 Å². The summed E-state index contributed by atoms with van der Waals surface area (Å²) >= 11 is 0. The highest BCUT2D eigenvalue weighted by atomic mass is 32.2. The second-order valence-electron chi connectivity index (χ2n) is 4.78. The first kappa shape index (κ1) is 21.5. The average molecular weight is 374 g/mol. The second kappa shape index (κ2) is 6.95. The first-order chi connectivity index (χ1) is 10.2. The molecule has 0 amide bonds. The number of hydrogen-bond acceptors (Lipinski definition) is 6. The van der Waals surface area contributed by atoms with Gasteiger partial charge in [-0.25, -0.2) is 4.79 Å². The molecule has 12 heteroatoms. The summed E-state index contributed by atoms with van der Waals surface area (Å²) in [6.45, 7) is 5.21. The quantitative estimate of drug-likeness (QED) is 0.317. The summed E-state index contributed by atoms with van der Waals surface area (Å²) < 4.78 is 64.9. The van der Waals surface area contributed by atoms with Gasteiger partial charge in [-0.1, -0.05) is 20.4 Å². The molecule has 0 saturated heterocycles. The van der Waals surface area contributed by atoms with Crippen molar-refractivity contribution in [2.24, 2.45) is 5.41 Å². The van der Waals surface area contributed by atoms with Gasteiger partial charge in [0.15, 0.2) is 0 Å². The Hall–Kier alpha value is -1.50. The van der Waals surface area contributed by atoms with Gasteiger partial charge < -0.3 is 10.2 Å². The fourth-order valence-corrected chi connectivity index (χ4v) is 5.40. The zero-order valence-corrected chi connectivity index (χ0v) is 14.0. The van der Waals surface area contributed by atoms with Crippen LogP contribution in [0.2, 0.25) is 0 Å². The largest absolute Gasteiger partial charge is 0.481 e. The molecule has 23 heavy (non-hydrogen) atoms. The zero-order valence-electron chi connectivity index (χ0n) is 12.3. The van der Waals surface area contributed by atoms with Gasteiger partial charge in [-0.3, -0.25) is 13.9 Å². The Morgan fingerprint density at radius 3 is 1.39 bits per heavy atom. The van der Waals surface area contributed by atoms with Crippen molar-refractivity contribution in [3.05, 3.63) is 12.2 Å². The molecule has 0 fully saturated rings. The van der Waals surface area contributed by atoms with E-state index in [4.69, 9.17) is 5.11 Å². The van der Waals surface area contributed by atoms with E-state index in [1.807, 2.05) is 0 Å². The molecule has 0 spiro atoms. The van der Waals surface area contributed by atoms with Gasteiger partial charge in [0, 0.05) is 5.57 Å². The third kappa shape index (κ3) is 3.88. The van der Waals surface area contributed by atoms with Gasteiger partial charge in [-0.05, 0) is 12.8 Å². The summed E-state index contributed by atoms with van der Waals surface area (Å²) in [6, 6.07) is 0. The summed E-state index contributed by atoms with van der Waals surface area (Å²) in [5.74, 6) is -4.13. The molecule has 0 aliphatic carbocycles. The van der Waals surface area contributed by atoms with Gasteiger partial charge in [-0.2, -0.15) is 16.8 Å². The first-order valence-electron chi connectivity index (χ1n) is 6.27. The molecule has 0 aliphatic heterocycles. The monoisotopic (exact) mass is 374 g/mol. The predicted octanol–water partition coefficient (Wildman–Crippen LogP) is 0.0310. The maximum Gasteiger partial charge on any atom is 0.332 e. The molecule has 0 saturated carbocycles. The van der Waals surface area contributed by atoms with E-state index in [1.54, 1.807) is 0 Å². The number of carboxylic acids is 2. The van der Waals surface area contributed by atoms with Crippen LogP contribution >= 0.6 is 0 Å². The van der Waals surface area contributed by atoms with Crippen LogP contribution < -0.4 is 0 Å². The lowest BCUT2D eigenvalue weighted by Crippen LogP contribution is -2.58. The summed E-state index contributed by atoms with van der Waals surface area (Å²) in [6.07, 6.45) is -1.27. The molecule has 0 aromatic heterocycles.